The second-order valence-electron chi connectivity index (χ2n) is 7.63. The Morgan fingerprint density at radius 2 is 2.06 bits per heavy atom. The second-order valence-corrected chi connectivity index (χ2v) is 8.07. The molecule has 0 saturated carbocycles. The molecule has 3 rings (SSSR count). The number of amidine groups is 1. The Labute approximate surface area is 193 Å². The van der Waals surface area contributed by atoms with Gasteiger partial charge in [-0.3, -0.25) is 5.41 Å². The molecule has 0 aliphatic rings. The monoisotopic (exact) mass is 449 g/mol. The van der Waals surface area contributed by atoms with Crippen LogP contribution in [-0.4, -0.2) is 24.0 Å². The maximum atomic E-state index is 8.87. The van der Waals surface area contributed by atoms with Gasteiger partial charge >= 0.3 is 0 Å². The number of nitriles is 1. The van der Waals surface area contributed by atoms with Crippen molar-refractivity contribution in [3.63, 3.8) is 0 Å². The molecule has 0 spiro atoms. The first-order valence-electron chi connectivity index (χ1n) is 10.6. The van der Waals surface area contributed by atoms with Gasteiger partial charge in [0.15, 0.2) is 0 Å². The molecule has 3 aromatic rings. The minimum absolute atomic E-state index is 0.102. The number of hydrogen-bond donors (Lipinski definition) is 4. The van der Waals surface area contributed by atoms with Gasteiger partial charge in [-0.25, -0.2) is 0 Å². The molecule has 7 heteroatoms. The highest BCUT2D eigenvalue weighted by atomic mass is 35.5. The van der Waals surface area contributed by atoms with Crippen LogP contribution in [-0.2, 0) is 6.42 Å². The van der Waals surface area contributed by atoms with Gasteiger partial charge in [0.05, 0.1) is 0 Å². The molecule has 166 valence electrons. The lowest BCUT2D eigenvalue weighted by Gasteiger charge is -2.14. The third-order valence-corrected chi connectivity index (χ3v) is 5.62. The van der Waals surface area contributed by atoms with Crippen LogP contribution in [0.4, 0.5) is 0 Å². The van der Waals surface area contributed by atoms with Crippen molar-refractivity contribution in [3.05, 3.63) is 76.1 Å². The van der Waals surface area contributed by atoms with Crippen LogP contribution in [0.3, 0.4) is 0 Å². The summed E-state index contributed by atoms with van der Waals surface area (Å²) in [6, 6.07) is 16.0. The third-order valence-electron chi connectivity index (χ3n) is 5.39. The van der Waals surface area contributed by atoms with Crippen LogP contribution in [0, 0.1) is 16.7 Å². The van der Waals surface area contributed by atoms with Crippen molar-refractivity contribution in [3.8, 4) is 11.8 Å². The summed E-state index contributed by atoms with van der Waals surface area (Å²) in [6.07, 6.45) is 3.50. The molecule has 0 aliphatic heterocycles. The van der Waals surface area contributed by atoms with Crippen molar-refractivity contribution in [1.82, 2.24) is 10.3 Å². The number of ether oxygens (including phenoxy) is 1. The Balaban J connectivity index is 1.67. The molecule has 1 unspecified atom stereocenters. The van der Waals surface area contributed by atoms with E-state index in [4.69, 9.17) is 32.7 Å². The molecule has 0 saturated heterocycles. The second kappa shape index (κ2) is 10.7. The molecule has 32 heavy (non-hydrogen) atoms. The molecule has 5 N–H and O–H groups in total. The lowest BCUT2D eigenvalue weighted by molar-refractivity contribution is 0.320. The van der Waals surface area contributed by atoms with Crippen LogP contribution < -0.4 is 15.8 Å². The van der Waals surface area contributed by atoms with Gasteiger partial charge in [0.1, 0.15) is 29.8 Å². The molecule has 1 atom stereocenters. The van der Waals surface area contributed by atoms with Gasteiger partial charge in [-0.2, -0.15) is 5.26 Å². The fourth-order valence-electron chi connectivity index (χ4n) is 3.72. The number of aromatic amines is 1. The Morgan fingerprint density at radius 3 is 2.72 bits per heavy atom. The van der Waals surface area contributed by atoms with Crippen molar-refractivity contribution >= 4 is 28.3 Å². The molecule has 0 amide bonds. The Morgan fingerprint density at radius 1 is 1.31 bits per heavy atom. The molecular formula is C25H28ClN5O. The van der Waals surface area contributed by atoms with Gasteiger partial charge in [-0.1, -0.05) is 44.0 Å². The van der Waals surface area contributed by atoms with Crippen molar-refractivity contribution < 1.29 is 4.74 Å². The van der Waals surface area contributed by atoms with E-state index in [9.17, 15) is 0 Å². The summed E-state index contributed by atoms with van der Waals surface area (Å²) in [5.74, 6) is 0.723. The first-order valence-corrected chi connectivity index (χ1v) is 11.0. The minimum atomic E-state index is -0.259. The van der Waals surface area contributed by atoms with E-state index in [1.165, 1.54) is 28.4 Å². The number of aryl methyl sites for hydroxylation is 1. The highest BCUT2D eigenvalue weighted by Gasteiger charge is 2.18. The van der Waals surface area contributed by atoms with Gasteiger partial charge < -0.3 is 20.8 Å². The van der Waals surface area contributed by atoms with Gasteiger partial charge in [0, 0.05) is 40.3 Å². The Kier molecular flexibility index (Phi) is 7.80. The predicted molar refractivity (Wildman–Crippen MR) is 130 cm³/mol. The zero-order valence-corrected chi connectivity index (χ0v) is 19.1. The third kappa shape index (κ3) is 5.43. The van der Waals surface area contributed by atoms with Crippen LogP contribution in [0.25, 0.3) is 10.9 Å². The lowest BCUT2D eigenvalue weighted by atomic mass is 9.93. The van der Waals surface area contributed by atoms with Crippen LogP contribution >= 0.6 is 11.6 Å². The summed E-state index contributed by atoms with van der Waals surface area (Å²) in [5.41, 5.74) is 10.3. The number of nitrogens with two attached hydrogens (primary N) is 1. The normalized spacial score (nSPS) is 12.4. The fourth-order valence-corrected chi connectivity index (χ4v) is 3.89. The van der Waals surface area contributed by atoms with E-state index in [0.29, 0.717) is 13.2 Å². The zero-order valence-electron chi connectivity index (χ0n) is 18.3. The Bertz CT molecular complexity index is 1160. The van der Waals surface area contributed by atoms with Crippen LogP contribution in [0.5, 0.6) is 5.75 Å². The molecular weight excluding hydrogens is 422 g/mol. The number of aromatic nitrogens is 1. The zero-order chi connectivity index (χ0) is 23.1. The van der Waals surface area contributed by atoms with Gasteiger partial charge in [-0.15, -0.1) is 0 Å². The number of nitrogens with zero attached hydrogens (tertiary/aromatic N) is 1. The largest absolute Gasteiger partial charge is 0.492 e. The number of hydrogen-bond acceptors (Lipinski definition) is 4. The van der Waals surface area contributed by atoms with E-state index in [2.05, 4.69) is 36.3 Å². The smallest absolute Gasteiger partial charge is 0.135 e. The number of halogens is 1. The fraction of sp³-hybridized carbons (Fsp3) is 0.280. The number of nitrogens with one attached hydrogen (secondary N) is 3. The van der Waals surface area contributed by atoms with Crippen LogP contribution in [0.1, 0.15) is 43.0 Å². The summed E-state index contributed by atoms with van der Waals surface area (Å²) in [7, 11) is 0. The van der Waals surface area contributed by atoms with E-state index >= 15 is 0 Å². The minimum Gasteiger partial charge on any atom is -0.492 e. The summed E-state index contributed by atoms with van der Waals surface area (Å²) in [5, 5.41) is 21.0. The summed E-state index contributed by atoms with van der Waals surface area (Å²) in [6.45, 7) is 5.31. The first-order chi connectivity index (χ1) is 15.4. The molecule has 6 nitrogen and oxygen atoms in total. The van der Waals surface area contributed by atoms with E-state index in [1.54, 1.807) is 0 Å². The molecule has 1 heterocycles. The summed E-state index contributed by atoms with van der Waals surface area (Å²) < 4.78 is 5.76. The quantitative estimate of drug-likeness (QED) is 0.147. The lowest BCUT2D eigenvalue weighted by Crippen LogP contribution is -2.19. The van der Waals surface area contributed by atoms with E-state index < -0.39 is 0 Å². The maximum Gasteiger partial charge on any atom is 0.135 e. The Hall–Kier alpha value is -3.43. The number of benzene rings is 2. The van der Waals surface area contributed by atoms with Crippen LogP contribution in [0.2, 0.25) is 5.02 Å². The molecule has 1 aromatic heterocycles. The summed E-state index contributed by atoms with van der Waals surface area (Å²) in [4.78, 5) is 3.61. The molecule has 2 aromatic carbocycles. The van der Waals surface area contributed by atoms with Gasteiger partial charge in [0.25, 0.3) is 0 Å². The van der Waals surface area contributed by atoms with E-state index in [1.807, 2.05) is 36.4 Å². The van der Waals surface area contributed by atoms with Crippen molar-refractivity contribution in [2.45, 2.75) is 32.6 Å². The summed E-state index contributed by atoms with van der Waals surface area (Å²) >= 11 is 6.25. The van der Waals surface area contributed by atoms with Crippen LogP contribution in [0.15, 0.2) is 54.2 Å². The predicted octanol–water partition coefficient (Wildman–Crippen LogP) is 5.24. The SMILES string of the molecule is CCCc1c(C(C)c2ccc(OCCN/C=C(/C#N)C(=N)N)cc2)[nH]c2ccc(Cl)cc12. The van der Waals surface area contributed by atoms with Crippen molar-refractivity contribution in [1.29, 1.82) is 10.7 Å². The first kappa shape index (κ1) is 23.2. The van der Waals surface area contributed by atoms with Gasteiger partial charge in [-0.05, 0) is 47.9 Å². The highest BCUT2D eigenvalue weighted by molar-refractivity contribution is 6.31. The number of rotatable bonds is 10. The number of H-pyrrole nitrogens is 1. The van der Waals surface area contributed by atoms with Crippen molar-refractivity contribution in [2.24, 2.45) is 5.73 Å². The molecule has 0 bridgehead atoms. The topological polar surface area (TPSA) is 111 Å². The molecule has 0 radical (unpaired) electrons. The highest BCUT2D eigenvalue weighted by Crippen LogP contribution is 2.34. The van der Waals surface area contributed by atoms with E-state index in [0.717, 1.165) is 29.1 Å². The average Bonchev–Trinajstić information content (AvgIpc) is 3.13. The van der Waals surface area contributed by atoms with Gasteiger partial charge in [0.2, 0.25) is 0 Å². The van der Waals surface area contributed by atoms with Crippen molar-refractivity contribution in [2.75, 3.05) is 13.2 Å². The number of fused-ring (bicyclic) bond motifs is 1. The maximum absolute atomic E-state index is 8.87. The molecule has 0 aliphatic carbocycles. The molecule has 0 fully saturated rings. The van der Waals surface area contributed by atoms with E-state index in [-0.39, 0.29) is 17.3 Å². The average molecular weight is 450 g/mol. The standard InChI is InChI=1S/C25H28ClN5O/c1-3-4-21-22-13-19(26)7-10-23(22)31-24(21)16(2)17-5-8-20(9-6-17)32-12-11-30-15-18(14-27)25(28)29/h5-10,13,15-16,30-31H,3-4,11-12H2,1-2H3,(H3,28,29)/b18-15-.